The molecule has 0 saturated carbocycles. The quantitative estimate of drug-likeness (QED) is 0.0644. The van der Waals surface area contributed by atoms with Crippen molar-refractivity contribution in [3.05, 3.63) is 131 Å². The van der Waals surface area contributed by atoms with Crippen LogP contribution in [-0.4, -0.2) is 118 Å². The number of fused-ring (bicyclic) bond motifs is 1. The number of pyridine rings is 1. The van der Waals surface area contributed by atoms with E-state index in [-0.39, 0.29) is 31.2 Å². The van der Waals surface area contributed by atoms with Crippen LogP contribution in [0.1, 0.15) is 73.9 Å². The number of aliphatic hydroxyl groups excluding tert-OH is 1. The molecule has 1 aliphatic heterocycles. The Morgan fingerprint density at radius 1 is 0.892 bits per heavy atom. The first-order valence-corrected chi connectivity index (χ1v) is 22.6. The number of aliphatic carboxylic acids is 1. The molecule has 6 atom stereocenters. The van der Waals surface area contributed by atoms with E-state index >= 15 is 0 Å². The summed E-state index contributed by atoms with van der Waals surface area (Å²) in [6, 6.07) is 26.3. The highest BCUT2D eigenvalue weighted by Crippen LogP contribution is 2.32. The van der Waals surface area contributed by atoms with E-state index in [0.29, 0.717) is 70.8 Å². The Hall–Kier alpha value is -5.87. The van der Waals surface area contributed by atoms with Gasteiger partial charge >= 0.3 is 12.1 Å². The normalized spacial score (nSPS) is 19.0. The summed E-state index contributed by atoms with van der Waals surface area (Å²) in [6.07, 6.45) is 3.79. The number of piperazine rings is 1. The Bertz CT molecular complexity index is 2150. The van der Waals surface area contributed by atoms with Crippen molar-refractivity contribution in [1.82, 2.24) is 30.7 Å². The third-order valence-electron chi connectivity index (χ3n) is 11.8. The number of aromatic nitrogens is 1. The van der Waals surface area contributed by atoms with Crippen molar-refractivity contribution in [2.75, 3.05) is 39.3 Å². The van der Waals surface area contributed by atoms with E-state index in [1.807, 2.05) is 93.7 Å². The van der Waals surface area contributed by atoms with Gasteiger partial charge in [-0.3, -0.25) is 29.2 Å². The van der Waals surface area contributed by atoms with Crippen molar-refractivity contribution >= 4 is 23.9 Å². The summed E-state index contributed by atoms with van der Waals surface area (Å²) < 4.78 is 12.1. The molecule has 15 heteroatoms. The molecule has 6 rings (SSSR count). The average molecular weight is 892 g/mol. The smallest absolute Gasteiger partial charge is 0.407 e. The van der Waals surface area contributed by atoms with E-state index < -0.39 is 53.9 Å². The van der Waals surface area contributed by atoms with Crippen LogP contribution in [0.5, 0.6) is 5.75 Å². The minimum atomic E-state index is -1.05. The van der Waals surface area contributed by atoms with Crippen LogP contribution in [0.25, 0.3) is 0 Å². The van der Waals surface area contributed by atoms with Gasteiger partial charge in [-0.25, -0.2) is 4.79 Å². The number of ether oxygens (including phenoxy) is 2. The molecule has 4 aromatic rings. The number of benzene rings is 3. The van der Waals surface area contributed by atoms with Crippen LogP contribution in [0.2, 0.25) is 0 Å². The Balaban J connectivity index is 1.15. The van der Waals surface area contributed by atoms with Gasteiger partial charge in [-0.15, -0.1) is 0 Å². The van der Waals surface area contributed by atoms with Crippen molar-refractivity contribution in [3.63, 3.8) is 0 Å². The number of amides is 3. The number of rotatable bonds is 21. The number of carboxylic acids is 1. The highest BCUT2D eigenvalue weighted by Gasteiger charge is 2.38. The van der Waals surface area contributed by atoms with Gasteiger partial charge in [-0.1, -0.05) is 72.8 Å². The second-order valence-corrected chi connectivity index (χ2v) is 18.2. The number of nitrogens with zero attached hydrogens (tertiary/aromatic N) is 3. The summed E-state index contributed by atoms with van der Waals surface area (Å²) in [5, 5.41) is 29.4. The fourth-order valence-corrected chi connectivity index (χ4v) is 8.49. The van der Waals surface area contributed by atoms with E-state index in [0.717, 1.165) is 27.8 Å². The molecule has 0 radical (unpaired) electrons. The van der Waals surface area contributed by atoms with E-state index in [1.165, 1.54) is 0 Å². The number of nitrogens with two attached hydrogens (primary N) is 1. The van der Waals surface area contributed by atoms with Gasteiger partial charge in [0.2, 0.25) is 11.8 Å². The number of carbonyl (C=O) groups is 4. The van der Waals surface area contributed by atoms with Crippen molar-refractivity contribution in [2.45, 2.75) is 102 Å². The lowest BCUT2D eigenvalue weighted by Gasteiger charge is -2.42. The minimum absolute atomic E-state index is 0.135. The van der Waals surface area contributed by atoms with Gasteiger partial charge in [-0.05, 0) is 98.9 Å². The second kappa shape index (κ2) is 23.4. The van der Waals surface area contributed by atoms with Gasteiger partial charge in [0.15, 0.2) is 0 Å². The number of hydrogen-bond acceptors (Lipinski definition) is 11. The molecule has 7 N–H and O–H groups in total. The molecule has 3 aromatic carbocycles. The summed E-state index contributed by atoms with van der Waals surface area (Å²) in [4.78, 5) is 61.9. The van der Waals surface area contributed by atoms with Gasteiger partial charge in [0.1, 0.15) is 23.9 Å². The van der Waals surface area contributed by atoms with Crippen LogP contribution in [-0.2, 0) is 44.9 Å². The van der Waals surface area contributed by atoms with Crippen LogP contribution in [0, 0.1) is 5.92 Å². The zero-order chi connectivity index (χ0) is 46.3. The van der Waals surface area contributed by atoms with E-state index in [4.69, 9.17) is 20.3 Å². The maximum atomic E-state index is 14.5. The van der Waals surface area contributed by atoms with Crippen LogP contribution in [0.4, 0.5) is 4.79 Å². The summed E-state index contributed by atoms with van der Waals surface area (Å²) in [5.41, 5.74) is 9.83. The Kier molecular flexibility index (Phi) is 17.5. The first-order chi connectivity index (χ1) is 31.2. The maximum absolute atomic E-state index is 14.5. The first kappa shape index (κ1) is 48.6. The molecule has 2 aliphatic rings. The summed E-state index contributed by atoms with van der Waals surface area (Å²) in [6.45, 7) is 8.99. The Labute approximate surface area is 382 Å². The lowest BCUT2D eigenvalue weighted by Crippen LogP contribution is -2.62. The second-order valence-electron chi connectivity index (χ2n) is 18.2. The number of unbranched alkanes of at least 4 members (excludes halogenated alkanes) is 1. The molecule has 15 nitrogen and oxygen atoms in total. The van der Waals surface area contributed by atoms with Crippen molar-refractivity contribution in [3.8, 4) is 5.75 Å². The topological polar surface area (TPSA) is 209 Å². The molecular formula is C50H65N7O8. The minimum Gasteiger partial charge on any atom is -0.494 e. The number of carbonyl (C=O) groups excluding carboxylic acids is 3. The van der Waals surface area contributed by atoms with Crippen LogP contribution >= 0.6 is 0 Å². The van der Waals surface area contributed by atoms with Crippen molar-refractivity contribution < 1.29 is 38.9 Å². The van der Waals surface area contributed by atoms with Gasteiger partial charge < -0.3 is 41.4 Å². The third kappa shape index (κ3) is 15.1. The number of hydrogen-bond donors (Lipinski definition) is 6. The fourth-order valence-electron chi connectivity index (χ4n) is 8.49. The summed E-state index contributed by atoms with van der Waals surface area (Å²) in [5.74, 6) is -1.46. The monoisotopic (exact) mass is 891 g/mol. The van der Waals surface area contributed by atoms with Gasteiger partial charge in [0, 0.05) is 69.5 Å². The van der Waals surface area contributed by atoms with Crippen molar-refractivity contribution in [2.24, 2.45) is 11.7 Å². The molecule has 348 valence electrons. The number of aliphatic hydroxyl groups is 1. The van der Waals surface area contributed by atoms with Crippen molar-refractivity contribution in [1.29, 1.82) is 0 Å². The standard InChI is InChI=1S/C50H65N7O8/c1-50(2,3)55-47(60)43-33-56(31-36-14-11-21-52-30-36)23-24-57(43)32-40(65-49(63)53-22-9-10-25-64-39-19-17-35(18-20-39)27-42(51)48(61)62)28-38(26-34-12-5-4-6-13-34)46(59)54-45-41-16-8-7-15-37(41)29-44(45)58/h4-8,11-21,30,38,40,42-45,58H,9-10,22-29,31-33,51H2,1-3H3,(H,53,63)(H,54,59)(H,55,60)(H,61,62)/t38-,40+,42+,43+,44-,45+/m1/s1. The molecule has 1 aliphatic carbocycles. The van der Waals surface area contributed by atoms with Crippen LogP contribution < -0.4 is 26.4 Å². The van der Waals surface area contributed by atoms with Crippen LogP contribution in [0.15, 0.2) is 103 Å². The number of nitrogens with one attached hydrogen (secondary N) is 3. The largest absolute Gasteiger partial charge is 0.494 e. The molecule has 1 aromatic heterocycles. The molecule has 0 bridgehead atoms. The molecule has 0 unspecified atom stereocenters. The number of alkyl carbamates (subject to hydrolysis) is 1. The first-order valence-electron chi connectivity index (χ1n) is 22.6. The van der Waals surface area contributed by atoms with Gasteiger partial charge in [-0.2, -0.15) is 0 Å². The highest BCUT2D eigenvalue weighted by molar-refractivity contribution is 5.83. The fraction of sp³-hybridized carbons (Fsp3) is 0.460. The third-order valence-corrected chi connectivity index (χ3v) is 11.8. The SMILES string of the molecule is CC(C)(C)NC(=O)[C@@H]1CN(Cc2cccnc2)CCN1C[C@H](C[C@@H](Cc1ccccc1)C(=O)N[C@H]1c2ccccc2C[C@H]1O)OC(=O)NCCCCOc1ccc(C[C@H](N)C(=O)O)cc1. The number of carboxylic acid groups (broad SMARTS) is 1. The molecule has 2 heterocycles. The average Bonchev–Trinajstić information content (AvgIpc) is 3.59. The molecule has 0 spiro atoms. The van der Waals surface area contributed by atoms with Gasteiger partial charge in [0.25, 0.3) is 0 Å². The zero-order valence-electron chi connectivity index (χ0n) is 37.7. The lowest BCUT2D eigenvalue weighted by molar-refractivity contribution is -0.138. The molecule has 1 saturated heterocycles. The Morgan fingerprint density at radius 2 is 1.62 bits per heavy atom. The molecule has 3 amide bonds. The van der Waals surface area contributed by atoms with Crippen LogP contribution in [0.3, 0.4) is 0 Å². The maximum Gasteiger partial charge on any atom is 0.407 e. The molecule has 1 fully saturated rings. The summed E-state index contributed by atoms with van der Waals surface area (Å²) in [7, 11) is 0. The van der Waals surface area contributed by atoms with E-state index in [2.05, 4.69) is 30.7 Å². The predicted octanol–water partition coefficient (Wildman–Crippen LogP) is 4.41. The lowest BCUT2D eigenvalue weighted by atomic mass is 9.91. The van der Waals surface area contributed by atoms with E-state index in [9.17, 15) is 24.3 Å². The highest BCUT2D eigenvalue weighted by atomic mass is 16.6. The molecule has 65 heavy (non-hydrogen) atoms. The summed E-state index contributed by atoms with van der Waals surface area (Å²) >= 11 is 0. The molecular weight excluding hydrogens is 827 g/mol. The predicted molar refractivity (Wildman–Crippen MR) is 247 cm³/mol. The Morgan fingerprint density at radius 3 is 2.34 bits per heavy atom. The van der Waals surface area contributed by atoms with Gasteiger partial charge in [0.05, 0.1) is 18.8 Å². The zero-order valence-corrected chi connectivity index (χ0v) is 37.7. The van der Waals surface area contributed by atoms with E-state index in [1.54, 1.807) is 30.5 Å².